The minimum Gasteiger partial charge on any atom is -0.479 e. The fourth-order valence-electron chi connectivity index (χ4n) is 2.53. The van der Waals surface area contributed by atoms with Gasteiger partial charge in [-0.1, -0.05) is 0 Å². The lowest BCUT2D eigenvalue weighted by Gasteiger charge is -2.36. The van der Waals surface area contributed by atoms with Gasteiger partial charge in [-0.15, -0.1) is 0 Å². The van der Waals surface area contributed by atoms with Crippen LogP contribution in [0.5, 0.6) is 5.75 Å². The third-order valence-corrected chi connectivity index (χ3v) is 3.67. The normalized spacial score (nSPS) is 22.8. The Morgan fingerprint density at radius 2 is 1.95 bits per heavy atom. The van der Waals surface area contributed by atoms with Gasteiger partial charge in [0.2, 0.25) is 0 Å². The molecule has 1 aromatic rings. The highest BCUT2D eigenvalue weighted by molar-refractivity contribution is 5.79. The van der Waals surface area contributed by atoms with Gasteiger partial charge in [0.15, 0.2) is 6.61 Å². The van der Waals surface area contributed by atoms with Crippen LogP contribution in [0.25, 0.3) is 0 Å². The number of rotatable bonds is 4. The fourth-order valence-corrected chi connectivity index (χ4v) is 2.53. The van der Waals surface area contributed by atoms with Crippen LogP contribution < -0.4 is 4.74 Å². The van der Waals surface area contributed by atoms with E-state index >= 15 is 0 Å². The van der Waals surface area contributed by atoms with Crippen LogP contribution in [0.3, 0.4) is 0 Å². The minimum atomic E-state index is 0.0796. The molecule has 1 aliphatic rings. The average molecular weight is 271 g/mol. The Bertz CT molecular complexity index is 479. The van der Waals surface area contributed by atoms with Gasteiger partial charge in [-0.2, -0.15) is 10.4 Å². The van der Waals surface area contributed by atoms with Crippen molar-refractivity contribution >= 4 is 6.21 Å². The van der Waals surface area contributed by atoms with E-state index in [9.17, 15) is 0 Å². The molecule has 4 heteroatoms. The molecule has 1 fully saturated rings. The lowest BCUT2D eigenvalue weighted by Crippen LogP contribution is -2.39. The summed E-state index contributed by atoms with van der Waals surface area (Å²) in [6, 6.07) is 10.6. The van der Waals surface area contributed by atoms with Crippen LogP contribution in [-0.2, 0) is 0 Å². The van der Waals surface area contributed by atoms with E-state index in [0.29, 0.717) is 17.8 Å². The van der Waals surface area contributed by atoms with Crippen LogP contribution in [0.4, 0.5) is 0 Å². The van der Waals surface area contributed by atoms with E-state index in [1.165, 1.54) is 19.3 Å². The van der Waals surface area contributed by atoms with Crippen LogP contribution >= 0.6 is 0 Å². The molecule has 2 rings (SSSR count). The van der Waals surface area contributed by atoms with E-state index in [1.54, 1.807) is 0 Å². The molecular formula is C16H21N3O. The lowest BCUT2D eigenvalue weighted by atomic mass is 10.00. The van der Waals surface area contributed by atoms with Gasteiger partial charge in [0.05, 0.1) is 6.21 Å². The topological polar surface area (TPSA) is 48.6 Å². The number of hydrogen-bond donors (Lipinski definition) is 0. The molecular weight excluding hydrogens is 250 g/mol. The standard InChI is InChI=1S/C16H21N3O/c1-13-4-3-5-14(2)19(13)18-12-15-6-8-16(9-7-15)20-11-10-17/h6-9,12-14H,3-5,11H2,1-2H3/b18-12-/t13-,14+. The molecule has 1 heterocycles. The number of nitrogens with zero attached hydrogens (tertiary/aromatic N) is 3. The van der Waals surface area contributed by atoms with E-state index in [1.807, 2.05) is 36.5 Å². The lowest BCUT2D eigenvalue weighted by molar-refractivity contribution is 0.109. The van der Waals surface area contributed by atoms with E-state index in [-0.39, 0.29) is 6.61 Å². The second-order valence-electron chi connectivity index (χ2n) is 5.27. The van der Waals surface area contributed by atoms with Crippen LogP contribution in [-0.4, -0.2) is 29.9 Å². The summed E-state index contributed by atoms with van der Waals surface area (Å²) >= 11 is 0. The molecule has 0 unspecified atom stereocenters. The van der Waals surface area contributed by atoms with Crippen molar-refractivity contribution in [3.05, 3.63) is 29.8 Å². The Kier molecular flexibility index (Phi) is 5.00. The number of hydrazone groups is 1. The molecule has 1 aromatic carbocycles. The quantitative estimate of drug-likeness (QED) is 0.790. The highest BCUT2D eigenvalue weighted by Crippen LogP contribution is 2.22. The Hall–Kier alpha value is -2.02. The first-order valence-electron chi connectivity index (χ1n) is 7.13. The van der Waals surface area contributed by atoms with Gasteiger partial charge in [0, 0.05) is 12.1 Å². The molecule has 2 atom stereocenters. The molecule has 1 aliphatic heterocycles. The summed E-state index contributed by atoms with van der Waals surface area (Å²) in [6.07, 6.45) is 5.61. The van der Waals surface area contributed by atoms with Crippen LogP contribution in [0.1, 0.15) is 38.7 Å². The maximum atomic E-state index is 8.46. The zero-order valence-corrected chi connectivity index (χ0v) is 12.1. The van der Waals surface area contributed by atoms with Crippen molar-refractivity contribution in [2.24, 2.45) is 5.10 Å². The summed E-state index contributed by atoms with van der Waals surface area (Å²) in [5.74, 6) is 0.711. The number of hydrogen-bond acceptors (Lipinski definition) is 4. The molecule has 106 valence electrons. The zero-order chi connectivity index (χ0) is 14.4. The second kappa shape index (κ2) is 6.95. The molecule has 0 bridgehead atoms. The van der Waals surface area contributed by atoms with Crippen molar-refractivity contribution < 1.29 is 4.74 Å². The molecule has 4 nitrogen and oxygen atoms in total. The van der Waals surface area contributed by atoms with Crippen molar-refractivity contribution in [3.63, 3.8) is 0 Å². The molecule has 1 saturated heterocycles. The van der Waals surface area contributed by atoms with Gasteiger partial charge in [0.1, 0.15) is 11.8 Å². The number of nitriles is 1. The van der Waals surface area contributed by atoms with Crippen LogP contribution in [0, 0.1) is 11.3 Å². The van der Waals surface area contributed by atoms with Crippen LogP contribution in [0.2, 0.25) is 0 Å². The monoisotopic (exact) mass is 271 g/mol. The van der Waals surface area contributed by atoms with Crippen LogP contribution in [0.15, 0.2) is 29.4 Å². The van der Waals surface area contributed by atoms with Crippen molar-refractivity contribution in [2.45, 2.75) is 45.2 Å². The van der Waals surface area contributed by atoms with Gasteiger partial charge in [-0.05, 0) is 62.9 Å². The maximum absolute atomic E-state index is 8.46. The molecule has 0 aromatic heterocycles. The Balaban J connectivity index is 1.98. The third-order valence-electron chi connectivity index (χ3n) is 3.67. The van der Waals surface area contributed by atoms with Crippen molar-refractivity contribution in [2.75, 3.05) is 6.61 Å². The smallest absolute Gasteiger partial charge is 0.174 e. The summed E-state index contributed by atoms with van der Waals surface area (Å²) < 4.78 is 5.22. The summed E-state index contributed by atoms with van der Waals surface area (Å²) in [5, 5.41) is 15.3. The molecule has 0 saturated carbocycles. The number of benzene rings is 1. The summed E-state index contributed by atoms with van der Waals surface area (Å²) in [7, 11) is 0. The van der Waals surface area contributed by atoms with E-state index in [0.717, 1.165) is 5.56 Å². The molecule has 0 radical (unpaired) electrons. The van der Waals surface area contributed by atoms with Gasteiger partial charge in [0.25, 0.3) is 0 Å². The SMILES string of the molecule is C[C@@H]1CCC[C@H](C)N1/N=C\c1ccc(OCC#N)cc1. The highest BCUT2D eigenvalue weighted by atomic mass is 16.5. The van der Waals surface area contributed by atoms with Crippen molar-refractivity contribution in [1.29, 1.82) is 5.26 Å². The maximum Gasteiger partial charge on any atom is 0.174 e. The summed E-state index contributed by atoms with van der Waals surface area (Å²) in [5.41, 5.74) is 1.04. The highest BCUT2D eigenvalue weighted by Gasteiger charge is 2.22. The average Bonchev–Trinajstić information content (AvgIpc) is 2.46. The van der Waals surface area contributed by atoms with Gasteiger partial charge in [-0.3, -0.25) is 5.01 Å². The molecule has 0 aliphatic carbocycles. The van der Waals surface area contributed by atoms with E-state index < -0.39 is 0 Å². The van der Waals surface area contributed by atoms with Gasteiger partial charge >= 0.3 is 0 Å². The molecule has 20 heavy (non-hydrogen) atoms. The van der Waals surface area contributed by atoms with Gasteiger partial charge < -0.3 is 4.74 Å². The van der Waals surface area contributed by atoms with E-state index in [2.05, 4.69) is 24.0 Å². The number of ether oxygens (including phenoxy) is 1. The third kappa shape index (κ3) is 3.74. The first-order chi connectivity index (χ1) is 9.70. The Morgan fingerprint density at radius 1 is 1.30 bits per heavy atom. The number of piperidine rings is 1. The predicted molar refractivity (Wildman–Crippen MR) is 79.8 cm³/mol. The first kappa shape index (κ1) is 14.4. The summed E-state index contributed by atoms with van der Waals surface area (Å²) in [6.45, 7) is 4.54. The largest absolute Gasteiger partial charge is 0.479 e. The molecule has 0 spiro atoms. The molecule has 0 amide bonds. The Morgan fingerprint density at radius 3 is 2.55 bits per heavy atom. The first-order valence-corrected chi connectivity index (χ1v) is 7.13. The molecule has 0 N–H and O–H groups in total. The van der Waals surface area contributed by atoms with Crippen molar-refractivity contribution in [3.8, 4) is 11.8 Å². The minimum absolute atomic E-state index is 0.0796. The van der Waals surface area contributed by atoms with E-state index in [4.69, 9.17) is 10.00 Å². The van der Waals surface area contributed by atoms with Gasteiger partial charge in [-0.25, -0.2) is 0 Å². The Labute approximate surface area is 120 Å². The fraction of sp³-hybridized carbons (Fsp3) is 0.500. The predicted octanol–water partition coefficient (Wildman–Crippen LogP) is 3.19. The summed E-state index contributed by atoms with van der Waals surface area (Å²) in [4.78, 5) is 0. The second-order valence-corrected chi connectivity index (χ2v) is 5.27. The van der Waals surface area contributed by atoms with Crippen molar-refractivity contribution in [1.82, 2.24) is 5.01 Å². The zero-order valence-electron chi connectivity index (χ0n) is 12.1.